The van der Waals surface area contributed by atoms with Crippen LogP contribution in [-0.4, -0.2) is 23.9 Å². The Morgan fingerprint density at radius 3 is 2.25 bits per heavy atom. The molecular formula is C34H36IrNO2SSi-. The minimum Gasteiger partial charge on any atom is -0.512 e. The van der Waals surface area contributed by atoms with Crippen LogP contribution in [0, 0.1) is 16.9 Å². The van der Waals surface area contributed by atoms with E-state index in [2.05, 4.69) is 79.8 Å². The number of aliphatic hydroxyl groups is 1. The van der Waals surface area contributed by atoms with E-state index >= 15 is 0 Å². The summed E-state index contributed by atoms with van der Waals surface area (Å²) in [5, 5.41) is 16.5. The predicted molar refractivity (Wildman–Crippen MR) is 170 cm³/mol. The number of rotatable bonds is 1. The van der Waals surface area contributed by atoms with Crippen molar-refractivity contribution in [2.45, 2.75) is 54.6 Å². The Kier molecular flexibility index (Phi) is 8.07. The molecule has 6 heteroatoms. The monoisotopic (exact) mass is 743 g/mol. The molecular weight excluding hydrogens is 707 g/mol. The Balaban J connectivity index is 0.000000229. The van der Waals surface area contributed by atoms with Gasteiger partial charge < -0.3 is 5.11 Å². The fraction of sp³-hybridized carbons (Fsp3) is 0.294. The van der Waals surface area contributed by atoms with Crippen molar-refractivity contribution >= 4 is 66.6 Å². The van der Waals surface area contributed by atoms with Gasteiger partial charge in [-0.25, -0.2) is 0 Å². The Morgan fingerprint density at radius 1 is 0.900 bits per heavy atom. The number of hydrogen-bond donors (Lipinski definition) is 1. The van der Waals surface area contributed by atoms with Crippen LogP contribution < -0.4 is 10.4 Å². The van der Waals surface area contributed by atoms with Gasteiger partial charge in [-0.1, -0.05) is 107 Å². The van der Waals surface area contributed by atoms with E-state index in [4.69, 9.17) is 4.98 Å². The zero-order chi connectivity index (χ0) is 28.3. The van der Waals surface area contributed by atoms with Crippen LogP contribution in [0.4, 0.5) is 0 Å². The summed E-state index contributed by atoms with van der Waals surface area (Å²) >= 11 is 1.89. The van der Waals surface area contributed by atoms with E-state index in [0.29, 0.717) is 0 Å². The van der Waals surface area contributed by atoms with Crippen LogP contribution in [0.15, 0.2) is 72.5 Å². The van der Waals surface area contributed by atoms with Crippen LogP contribution in [0.5, 0.6) is 0 Å². The maximum Gasteiger partial charge on any atom is 0.164 e. The van der Waals surface area contributed by atoms with Crippen molar-refractivity contribution in [1.82, 2.24) is 4.98 Å². The molecule has 3 nitrogen and oxygen atoms in total. The molecule has 5 aromatic rings. The van der Waals surface area contributed by atoms with Gasteiger partial charge in [0.1, 0.15) is 13.8 Å². The standard InChI is InChI=1S/C23H16NSSi.C11H20O2.Ir/c1-26(2)19-12-6-11-18-22(19)21-15(8-5-10-17(21)25-18)23-20(26)13-14-7-3-4-9-16(14)24-23;1-10(2,3)8(12)7-9(13)11(4,5)6;/h3-7,9-13H,1-2H3;7,12H,1-6H3;/q-1;;/b;8-7-;. The van der Waals surface area contributed by atoms with Crippen LogP contribution in [0.2, 0.25) is 13.1 Å². The van der Waals surface area contributed by atoms with E-state index in [-0.39, 0.29) is 37.1 Å². The van der Waals surface area contributed by atoms with Crippen molar-refractivity contribution in [2.75, 3.05) is 0 Å². The third-order valence-electron chi connectivity index (χ3n) is 7.54. The summed E-state index contributed by atoms with van der Waals surface area (Å²) < 4.78 is 2.73. The van der Waals surface area contributed by atoms with E-state index in [1.165, 1.54) is 47.6 Å². The van der Waals surface area contributed by atoms with Gasteiger partial charge in [0, 0.05) is 41.7 Å². The topological polar surface area (TPSA) is 50.2 Å². The van der Waals surface area contributed by atoms with Crippen LogP contribution in [0.3, 0.4) is 0 Å². The third-order valence-corrected chi connectivity index (χ3v) is 12.1. The summed E-state index contributed by atoms with van der Waals surface area (Å²) in [4.78, 5) is 16.6. The maximum absolute atomic E-state index is 11.5. The molecule has 0 aliphatic carbocycles. The van der Waals surface area contributed by atoms with E-state index in [9.17, 15) is 9.90 Å². The summed E-state index contributed by atoms with van der Waals surface area (Å²) in [5.74, 6) is 0.104. The van der Waals surface area contributed by atoms with Crippen molar-refractivity contribution in [2.24, 2.45) is 10.8 Å². The number of thiophene rings is 1. The Morgan fingerprint density at radius 2 is 1.57 bits per heavy atom. The smallest absolute Gasteiger partial charge is 0.164 e. The summed E-state index contributed by atoms with van der Waals surface area (Å²) in [5.41, 5.74) is 2.63. The molecule has 0 atom stereocenters. The molecule has 0 spiro atoms. The predicted octanol–water partition coefficient (Wildman–Crippen LogP) is 8.29. The molecule has 0 bridgehead atoms. The maximum atomic E-state index is 11.5. The average Bonchev–Trinajstić information content (AvgIpc) is 3.22. The first kappa shape index (κ1) is 30.3. The van der Waals surface area contributed by atoms with Gasteiger partial charge >= 0.3 is 0 Å². The average molecular weight is 743 g/mol. The molecule has 1 aliphatic heterocycles. The Labute approximate surface area is 255 Å². The molecule has 0 saturated heterocycles. The largest absolute Gasteiger partial charge is 0.512 e. The Hall–Kier alpha value is -2.63. The molecule has 3 heterocycles. The van der Waals surface area contributed by atoms with Crippen LogP contribution in [0.1, 0.15) is 41.5 Å². The normalized spacial score (nSPS) is 14.3. The molecule has 3 aromatic carbocycles. The molecule has 0 saturated carbocycles. The second-order valence-electron chi connectivity index (χ2n) is 13.0. The van der Waals surface area contributed by atoms with Crippen molar-refractivity contribution in [3.63, 3.8) is 0 Å². The number of carbonyl (C=O) groups is 1. The molecule has 0 unspecified atom stereocenters. The summed E-state index contributed by atoms with van der Waals surface area (Å²) in [6, 6.07) is 25.5. The second kappa shape index (κ2) is 10.6. The van der Waals surface area contributed by atoms with Crippen molar-refractivity contribution < 1.29 is 30.0 Å². The second-order valence-corrected chi connectivity index (χ2v) is 18.4. The van der Waals surface area contributed by atoms with Gasteiger partial charge in [-0.3, -0.25) is 9.78 Å². The first-order valence-electron chi connectivity index (χ1n) is 13.4. The molecule has 0 amide bonds. The quantitative estimate of drug-likeness (QED) is 0.0815. The molecule has 40 heavy (non-hydrogen) atoms. The van der Waals surface area contributed by atoms with E-state index in [0.717, 1.165) is 11.2 Å². The SMILES string of the molecule is CC(C)(C)C(=O)/C=C(\O)C(C)(C)C.C[Si]1(C)c2cc3ccccc3nc2-c2[c-]ccc3sc4cccc1c4c23.[Ir]. The van der Waals surface area contributed by atoms with Gasteiger partial charge in [0.25, 0.3) is 0 Å². The molecule has 209 valence electrons. The van der Waals surface area contributed by atoms with Crippen molar-refractivity contribution in [3.8, 4) is 11.3 Å². The third kappa shape index (κ3) is 5.35. The zero-order valence-electron chi connectivity index (χ0n) is 24.4. The number of fused-ring (bicyclic) bond motifs is 3. The number of para-hydroxylation sites is 1. The number of ketones is 1. The van der Waals surface area contributed by atoms with Gasteiger partial charge in [0.05, 0.1) is 5.52 Å². The van der Waals surface area contributed by atoms with Gasteiger partial charge in [0.15, 0.2) is 5.78 Å². The van der Waals surface area contributed by atoms with E-state index in [1.54, 1.807) is 0 Å². The molecule has 0 fully saturated rings. The van der Waals surface area contributed by atoms with Crippen molar-refractivity contribution in [3.05, 3.63) is 78.6 Å². The number of pyridine rings is 1. The fourth-order valence-corrected chi connectivity index (χ4v) is 9.21. The molecule has 2 aromatic heterocycles. The first-order chi connectivity index (χ1) is 18.2. The molecule has 1 N–H and O–H groups in total. The van der Waals surface area contributed by atoms with Gasteiger partial charge in [-0.05, 0) is 33.3 Å². The number of carbonyl (C=O) groups excluding carboxylic acids is 1. The number of aromatic nitrogens is 1. The van der Waals surface area contributed by atoms with Crippen LogP contribution in [0.25, 0.3) is 42.3 Å². The number of aliphatic hydroxyl groups excluding tert-OH is 1. The van der Waals surface area contributed by atoms with Crippen LogP contribution in [-0.2, 0) is 24.9 Å². The summed E-state index contributed by atoms with van der Waals surface area (Å²) in [6.45, 7) is 16.0. The number of hydrogen-bond acceptors (Lipinski definition) is 4. The Bertz CT molecular complexity index is 1790. The number of nitrogens with zero attached hydrogens (tertiary/aromatic N) is 1. The zero-order valence-corrected chi connectivity index (χ0v) is 28.6. The first-order valence-corrected chi connectivity index (χ1v) is 17.2. The van der Waals surface area contributed by atoms with Gasteiger partial charge in [0.2, 0.25) is 0 Å². The molecule has 1 aliphatic rings. The van der Waals surface area contributed by atoms with Crippen molar-refractivity contribution in [1.29, 1.82) is 0 Å². The van der Waals surface area contributed by atoms with Gasteiger partial charge in [-0.15, -0.1) is 23.8 Å². The fourth-order valence-electron chi connectivity index (χ4n) is 5.00. The van der Waals surface area contributed by atoms with Gasteiger partial charge in [-0.2, -0.15) is 11.3 Å². The van der Waals surface area contributed by atoms with E-state index < -0.39 is 13.5 Å². The van der Waals surface area contributed by atoms with E-state index in [1.807, 2.05) is 52.9 Å². The number of allylic oxidation sites excluding steroid dienone is 2. The number of benzene rings is 3. The summed E-state index contributed by atoms with van der Waals surface area (Å²) in [7, 11) is -1.89. The minimum absolute atomic E-state index is 0. The minimum atomic E-state index is -1.89. The molecule has 6 rings (SSSR count). The van der Waals surface area contributed by atoms with Crippen LogP contribution >= 0.6 is 11.3 Å². The summed E-state index contributed by atoms with van der Waals surface area (Å²) in [6.07, 6.45) is 1.33. The molecule has 1 radical (unpaired) electrons.